The molecule has 1 heterocycles. The summed E-state index contributed by atoms with van der Waals surface area (Å²) in [5.41, 5.74) is 7.57. The van der Waals surface area contributed by atoms with E-state index in [0.29, 0.717) is 6.54 Å². The standard InChI is InChI=1S/C12H13BrN2OS/c1-16-11-3-2-8(13)6-10(11)12-15-9(4-5-14)7-17-12/h2-3,6-7H,4-5,14H2,1H3. The minimum atomic E-state index is 0.624. The molecule has 0 saturated carbocycles. The van der Waals surface area contributed by atoms with Gasteiger partial charge in [-0.1, -0.05) is 15.9 Å². The number of hydrogen-bond donors (Lipinski definition) is 1. The van der Waals surface area contributed by atoms with Crippen molar-refractivity contribution >= 4 is 27.3 Å². The lowest BCUT2D eigenvalue weighted by atomic mass is 10.2. The fourth-order valence-electron chi connectivity index (χ4n) is 1.54. The van der Waals surface area contributed by atoms with Crippen molar-refractivity contribution in [2.75, 3.05) is 13.7 Å². The third-order valence-corrected chi connectivity index (χ3v) is 3.76. The summed E-state index contributed by atoms with van der Waals surface area (Å²) in [6, 6.07) is 5.91. The molecule has 1 aromatic heterocycles. The van der Waals surface area contributed by atoms with Gasteiger partial charge in [0.05, 0.1) is 18.4 Å². The topological polar surface area (TPSA) is 48.1 Å². The molecule has 0 radical (unpaired) electrons. The highest BCUT2D eigenvalue weighted by atomic mass is 79.9. The number of nitrogens with two attached hydrogens (primary N) is 1. The van der Waals surface area contributed by atoms with Gasteiger partial charge in [0.1, 0.15) is 10.8 Å². The molecule has 3 nitrogen and oxygen atoms in total. The Morgan fingerprint density at radius 1 is 1.47 bits per heavy atom. The molecule has 90 valence electrons. The second-order valence-corrected chi connectivity index (χ2v) is 5.30. The van der Waals surface area contributed by atoms with Gasteiger partial charge in [0.2, 0.25) is 0 Å². The van der Waals surface area contributed by atoms with E-state index < -0.39 is 0 Å². The van der Waals surface area contributed by atoms with Crippen molar-refractivity contribution < 1.29 is 4.74 Å². The van der Waals surface area contributed by atoms with E-state index in [-0.39, 0.29) is 0 Å². The summed E-state index contributed by atoms with van der Waals surface area (Å²) in [7, 11) is 1.67. The first-order chi connectivity index (χ1) is 8.24. The molecule has 0 aliphatic heterocycles. The van der Waals surface area contributed by atoms with Crippen molar-refractivity contribution in [1.29, 1.82) is 0 Å². The van der Waals surface area contributed by atoms with Crippen LogP contribution in [0.1, 0.15) is 5.69 Å². The second kappa shape index (κ2) is 5.62. The van der Waals surface area contributed by atoms with E-state index in [1.165, 1.54) is 0 Å². The highest BCUT2D eigenvalue weighted by Crippen LogP contribution is 2.34. The Bertz CT molecular complexity index is 513. The molecule has 0 spiro atoms. The van der Waals surface area contributed by atoms with Gasteiger partial charge in [0, 0.05) is 16.3 Å². The molecular formula is C12H13BrN2OS. The number of aromatic nitrogens is 1. The van der Waals surface area contributed by atoms with E-state index in [2.05, 4.69) is 20.9 Å². The van der Waals surface area contributed by atoms with Crippen molar-refractivity contribution in [3.05, 3.63) is 33.7 Å². The summed E-state index contributed by atoms with van der Waals surface area (Å²) in [6.45, 7) is 0.624. The van der Waals surface area contributed by atoms with Crippen LogP contribution < -0.4 is 10.5 Å². The van der Waals surface area contributed by atoms with E-state index in [9.17, 15) is 0 Å². The predicted octanol–water partition coefficient (Wildman–Crippen LogP) is 3.08. The first-order valence-electron chi connectivity index (χ1n) is 5.23. The van der Waals surface area contributed by atoms with E-state index in [0.717, 1.165) is 32.9 Å². The monoisotopic (exact) mass is 312 g/mol. The zero-order chi connectivity index (χ0) is 12.3. The van der Waals surface area contributed by atoms with Crippen LogP contribution in [0.25, 0.3) is 10.6 Å². The Hall–Kier alpha value is -0.910. The van der Waals surface area contributed by atoms with Gasteiger partial charge in [-0.05, 0) is 24.7 Å². The van der Waals surface area contributed by atoms with Gasteiger partial charge in [-0.15, -0.1) is 11.3 Å². The van der Waals surface area contributed by atoms with E-state index in [1.54, 1.807) is 18.4 Å². The van der Waals surface area contributed by atoms with Crippen molar-refractivity contribution in [2.24, 2.45) is 5.73 Å². The van der Waals surface area contributed by atoms with E-state index >= 15 is 0 Å². The SMILES string of the molecule is COc1ccc(Br)cc1-c1nc(CCN)cs1. The largest absolute Gasteiger partial charge is 0.496 e. The first-order valence-corrected chi connectivity index (χ1v) is 6.90. The number of nitrogens with zero attached hydrogens (tertiary/aromatic N) is 1. The smallest absolute Gasteiger partial charge is 0.129 e. The predicted molar refractivity (Wildman–Crippen MR) is 74.6 cm³/mol. The molecular weight excluding hydrogens is 300 g/mol. The Balaban J connectivity index is 2.40. The number of methoxy groups -OCH3 is 1. The van der Waals surface area contributed by atoms with Crippen LogP contribution in [0.2, 0.25) is 0 Å². The van der Waals surface area contributed by atoms with Crippen LogP contribution in [0.5, 0.6) is 5.75 Å². The van der Waals surface area contributed by atoms with Crippen LogP contribution in [0.15, 0.2) is 28.1 Å². The third kappa shape index (κ3) is 2.86. The summed E-state index contributed by atoms with van der Waals surface area (Å²) >= 11 is 5.07. The number of ether oxygens (including phenoxy) is 1. The quantitative estimate of drug-likeness (QED) is 0.943. The van der Waals surface area contributed by atoms with Crippen LogP contribution in [0.4, 0.5) is 0 Å². The maximum absolute atomic E-state index is 5.52. The molecule has 0 aliphatic rings. The molecule has 0 bridgehead atoms. The Kier molecular flexibility index (Phi) is 4.15. The van der Waals surface area contributed by atoms with E-state index in [1.807, 2.05) is 23.6 Å². The number of rotatable bonds is 4. The van der Waals surface area contributed by atoms with Gasteiger partial charge < -0.3 is 10.5 Å². The molecule has 0 fully saturated rings. The lowest BCUT2D eigenvalue weighted by Gasteiger charge is -2.06. The maximum atomic E-state index is 5.52. The summed E-state index contributed by atoms with van der Waals surface area (Å²) < 4.78 is 6.36. The van der Waals surface area contributed by atoms with Crippen LogP contribution in [-0.2, 0) is 6.42 Å². The van der Waals surface area contributed by atoms with Crippen LogP contribution in [0, 0.1) is 0 Å². The molecule has 0 saturated heterocycles. The molecule has 2 rings (SSSR count). The lowest BCUT2D eigenvalue weighted by molar-refractivity contribution is 0.416. The zero-order valence-corrected chi connectivity index (χ0v) is 11.8. The molecule has 17 heavy (non-hydrogen) atoms. The number of thiazole rings is 1. The second-order valence-electron chi connectivity index (χ2n) is 3.53. The van der Waals surface area contributed by atoms with Crippen molar-refractivity contribution in [2.45, 2.75) is 6.42 Å². The van der Waals surface area contributed by atoms with Crippen LogP contribution in [-0.4, -0.2) is 18.6 Å². The van der Waals surface area contributed by atoms with Gasteiger partial charge in [0.25, 0.3) is 0 Å². The maximum Gasteiger partial charge on any atom is 0.129 e. The van der Waals surface area contributed by atoms with Crippen molar-refractivity contribution in [3.63, 3.8) is 0 Å². The summed E-state index contributed by atoms with van der Waals surface area (Å²) in [4.78, 5) is 4.56. The highest BCUT2D eigenvalue weighted by molar-refractivity contribution is 9.10. The average molecular weight is 313 g/mol. The fourth-order valence-corrected chi connectivity index (χ4v) is 2.78. The minimum Gasteiger partial charge on any atom is -0.496 e. The summed E-state index contributed by atoms with van der Waals surface area (Å²) in [5.74, 6) is 0.835. The van der Waals surface area contributed by atoms with Crippen molar-refractivity contribution in [3.8, 4) is 16.3 Å². The van der Waals surface area contributed by atoms with E-state index in [4.69, 9.17) is 10.5 Å². The molecule has 2 aromatic rings. The van der Waals surface area contributed by atoms with Gasteiger partial charge >= 0.3 is 0 Å². The van der Waals surface area contributed by atoms with Crippen molar-refractivity contribution in [1.82, 2.24) is 4.98 Å². The van der Waals surface area contributed by atoms with Gasteiger partial charge in [-0.2, -0.15) is 0 Å². The molecule has 0 unspecified atom stereocenters. The highest BCUT2D eigenvalue weighted by Gasteiger charge is 2.10. The Labute approximate surface area is 113 Å². The molecule has 5 heteroatoms. The molecule has 0 amide bonds. The minimum absolute atomic E-state index is 0.624. The van der Waals surface area contributed by atoms with Crippen LogP contribution >= 0.6 is 27.3 Å². The normalized spacial score (nSPS) is 10.5. The Morgan fingerprint density at radius 3 is 3.00 bits per heavy atom. The first kappa shape index (κ1) is 12.5. The average Bonchev–Trinajstić information content (AvgIpc) is 2.78. The molecule has 0 aliphatic carbocycles. The van der Waals surface area contributed by atoms with Crippen LogP contribution in [0.3, 0.4) is 0 Å². The zero-order valence-electron chi connectivity index (χ0n) is 9.44. The Morgan fingerprint density at radius 2 is 2.29 bits per heavy atom. The summed E-state index contributed by atoms with van der Waals surface area (Å²) in [5, 5.41) is 3.01. The number of halogens is 1. The molecule has 1 aromatic carbocycles. The lowest BCUT2D eigenvalue weighted by Crippen LogP contribution is -2.02. The fraction of sp³-hybridized carbons (Fsp3) is 0.250. The van der Waals surface area contributed by atoms with Gasteiger partial charge in [-0.25, -0.2) is 4.98 Å². The third-order valence-electron chi connectivity index (χ3n) is 2.34. The van der Waals surface area contributed by atoms with Gasteiger partial charge in [-0.3, -0.25) is 0 Å². The molecule has 0 atom stereocenters. The summed E-state index contributed by atoms with van der Waals surface area (Å²) in [6.07, 6.45) is 0.812. The number of hydrogen-bond acceptors (Lipinski definition) is 4. The van der Waals surface area contributed by atoms with Gasteiger partial charge in [0.15, 0.2) is 0 Å². The molecule has 2 N–H and O–H groups in total. The number of benzene rings is 1.